The number of nitrogens with one attached hydrogen (secondary N) is 1. The first-order valence-electron chi connectivity index (χ1n) is 10.6. The van der Waals surface area contributed by atoms with Gasteiger partial charge in [0.2, 0.25) is 15.9 Å². The summed E-state index contributed by atoms with van der Waals surface area (Å²) in [6.07, 6.45) is 0. The van der Waals surface area contributed by atoms with Gasteiger partial charge in [-0.1, -0.05) is 30.3 Å². The number of hydrogen-bond donors (Lipinski definition) is 1. The molecular weight excluding hydrogens is 428 g/mol. The van der Waals surface area contributed by atoms with Crippen molar-refractivity contribution >= 4 is 21.8 Å². The Labute approximate surface area is 189 Å². The fraction of sp³-hybridized carbons (Fsp3) is 0.391. The van der Waals surface area contributed by atoms with Crippen molar-refractivity contribution in [3.05, 3.63) is 65.7 Å². The number of piperazine rings is 1. The van der Waals surface area contributed by atoms with E-state index in [0.717, 1.165) is 6.54 Å². The Bertz CT molecular complexity index is 1020. The maximum Gasteiger partial charge on any atom is 0.251 e. The van der Waals surface area contributed by atoms with Crippen molar-refractivity contribution in [2.75, 3.05) is 46.3 Å². The van der Waals surface area contributed by atoms with E-state index in [0.29, 0.717) is 31.7 Å². The average molecular weight is 459 g/mol. The van der Waals surface area contributed by atoms with Crippen LogP contribution in [0.5, 0.6) is 0 Å². The van der Waals surface area contributed by atoms with Crippen LogP contribution in [0.25, 0.3) is 0 Å². The summed E-state index contributed by atoms with van der Waals surface area (Å²) in [7, 11) is -1.66. The van der Waals surface area contributed by atoms with Gasteiger partial charge in [-0.25, -0.2) is 8.42 Å². The van der Waals surface area contributed by atoms with E-state index in [1.807, 2.05) is 25.2 Å². The van der Waals surface area contributed by atoms with Crippen molar-refractivity contribution < 1.29 is 18.0 Å². The Morgan fingerprint density at radius 1 is 0.969 bits per heavy atom. The predicted molar refractivity (Wildman–Crippen MR) is 123 cm³/mol. The number of carbonyl (C=O) groups excluding carboxylic acids is 2. The van der Waals surface area contributed by atoms with Gasteiger partial charge in [-0.05, 0) is 36.9 Å². The SMILES string of the molecule is CC(=O)N1CCN(S(=O)(=O)c2ccc(C(=O)NCCN(C)Cc3ccccc3)cc2)CC1. The molecule has 0 atom stereocenters. The van der Waals surface area contributed by atoms with Crippen molar-refractivity contribution in [3.63, 3.8) is 0 Å². The van der Waals surface area contributed by atoms with Crippen molar-refractivity contribution in [2.24, 2.45) is 0 Å². The fourth-order valence-corrected chi connectivity index (χ4v) is 5.03. The largest absolute Gasteiger partial charge is 0.351 e. The first kappa shape index (κ1) is 23.9. The highest BCUT2D eigenvalue weighted by Crippen LogP contribution is 2.18. The Kier molecular flexibility index (Phi) is 8.00. The lowest BCUT2D eigenvalue weighted by atomic mass is 10.2. The molecule has 0 bridgehead atoms. The van der Waals surface area contributed by atoms with Crippen LogP contribution >= 0.6 is 0 Å². The van der Waals surface area contributed by atoms with Crippen LogP contribution in [0, 0.1) is 0 Å². The van der Waals surface area contributed by atoms with Gasteiger partial charge in [0, 0.05) is 58.3 Å². The van der Waals surface area contributed by atoms with E-state index in [9.17, 15) is 18.0 Å². The zero-order valence-electron chi connectivity index (χ0n) is 18.5. The Morgan fingerprint density at radius 2 is 1.59 bits per heavy atom. The van der Waals surface area contributed by atoms with Crippen LogP contribution < -0.4 is 5.32 Å². The second kappa shape index (κ2) is 10.7. The molecule has 8 nitrogen and oxygen atoms in total. The molecule has 3 rings (SSSR count). The number of likely N-dealkylation sites (N-methyl/N-ethyl adjacent to an activating group) is 1. The topological polar surface area (TPSA) is 90.0 Å². The molecule has 2 aromatic carbocycles. The van der Waals surface area contributed by atoms with Gasteiger partial charge in [0.15, 0.2) is 0 Å². The van der Waals surface area contributed by atoms with E-state index in [1.54, 1.807) is 4.90 Å². The summed E-state index contributed by atoms with van der Waals surface area (Å²) in [5.41, 5.74) is 1.62. The molecule has 0 unspecified atom stereocenters. The van der Waals surface area contributed by atoms with Crippen LogP contribution in [0.4, 0.5) is 0 Å². The van der Waals surface area contributed by atoms with E-state index in [1.165, 1.54) is 41.1 Å². The zero-order valence-corrected chi connectivity index (χ0v) is 19.3. The summed E-state index contributed by atoms with van der Waals surface area (Å²) in [6, 6.07) is 16.1. The Hall–Kier alpha value is -2.75. The van der Waals surface area contributed by atoms with Crippen LogP contribution in [-0.2, 0) is 21.4 Å². The maximum atomic E-state index is 12.9. The minimum absolute atomic E-state index is 0.0522. The molecule has 9 heteroatoms. The molecule has 0 aromatic heterocycles. The van der Waals surface area contributed by atoms with Crippen molar-refractivity contribution in [3.8, 4) is 0 Å². The number of nitrogens with zero attached hydrogens (tertiary/aromatic N) is 3. The number of rotatable bonds is 8. The van der Waals surface area contributed by atoms with Gasteiger partial charge in [0.05, 0.1) is 4.90 Å². The second-order valence-electron chi connectivity index (χ2n) is 7.91. The number of amides is 2. The van der Waals surface area contributed by atoms with E-state index in [2.05, 4.69) is 22.3 Å². The van der Waals surface area contributed by atoms with Gasteiger partial charge in [-0.2, -0.15) is 4.31 Å². The van der Waals surface area contributed by atoms with Gasteiger partial charge in [0.25, 0.3) is 5.91 Å². The second-order valence-corrected chi connectivity index (χ2v) is 9.85. The van der Waals surface area contributed by atoms with Gasteiger partial charge in [0.1, 0.15) is 0 Å². The maximum absolute atomic E-state index is 12.9. The first-order chi connectivity index (χ1) is 15.3. The molecule has 0 aliphatic carbocycles. The third-order valence-corrected chi connectivity index (χ3v) is 7.43. The van der Waals surface area contributed by atoms with E-state index < -0.39 is 10.0 Å². The molecule has 0 radical (unpaired) electrons. The van der Waals surface area contributed by atoms with Crippen LogP contribution in [0.15, 0.2) is 59.5 Å². The van der Waals surface area contributed by atoms with Crippen LogP contribution in [0.3, 0.4) is 0 Å². The van der Waals surface area contributed by atoms with Gasteiger partial charge < -0.3 is 15.1 Å². The quantitative estimate of drug-likeness (QED) is 0.646. The molecule has 1 fully saturated rings. The monoisotopic (exact) mass is 458 g/mol. The van der Waals surface area contributed by atoms with Gasteiger partial charge in [-0.15, -0.1) is 0 Å². The van der Waals surface area contributed by atoms with Crippen LogP contribution in [0.1, 0.15) is 22.8 Å². The van der Waals surface area contributed by atoms with Crippen LogP contribution in [0.2, 0.25) is 0 Å². The fourth-order valence-electron chi connectivity index (χ4n) is 3.61. The zero-order chi connectivity index (χ0) is 23.1. The third kappa shape index (κ3) is 6.15. The number of sulfonamides is 1. The highest BCUT2D eigenvalue weighted by molar-refractivity contribution is 7.89. The molecule has 172 valence electrons. The number of hydrogen-bond acceptors (Lipinski definition) is 5. The molecule has 1 heterocycles. The van der Waals surface area contributed by atoms with Crippen molar-refractivity contribution in [2.45, 2.75) is 18.4 Å². The molecular formula is C23H30N4O4S. The molecule has 32 heavy (non-hydrogen) atoms. The average Bonchev–Trinajstić information content (AvgIpc) is 2.79. The summed E-state index contributed by atoms with van der Waals surface area (Å²) >= 11 is 0. The number of carbonyl (C=O) groups is 2. The minimum atomic E-state index is -3.65. The molecule has 0 spiro atoms. The molecule has 1 aliphatic rings. The Balaban J connectivity index is 1.50. The lowest BCUT2D eigenvalue weighted by Gasteiger charge is -2.33. The molecule has 2 aromatic rings. The summed E-state index contributed by atoms with van der Waals surface area (Å²) in [5, 5.41) is 2.87. The third-order valence-electron chi connectivity index (χ3n) is 5.51. The van der Waals surface area contributed by atoms with Crippen LogP contribution in [-0.4, -0.2) is 80.7 Å². The molecule has 1 aliphatic heterocycles. The van der Waals surface area contributed by atoms with Gasteiger partial charge in [-0.3, -0.25) is 9.59 Å². The molecule has 0 saturated carbocycles. The standard InChI is InChI=1S/C23H30N4O4S/c1-19(28)26-14-16-27(17-15-26)32(30,31)22-10-8-21(9-11-22)23(29)24-12-13-25(2)18-20-6-4-3-5-7-20/h3-11H,12-18H2,1-2H3,(H,24,29). The van der Waals surface area contributed by atoms with Crippen molar-refractivity contribution in [1.29, 1.82) is 0 Å². The lowest BCUT2D eigenvalue weighted by molar-refractivity contribution is -0.129. The smallest absolute Gasteiger partial charge is 0.251 e. The van der Waals surface area contributed by atoms with Gasteiger partial charge >= 0.3 is 0 Å². The summed E-state index contributed by atoms with van der Waals surface area (Å²) in [6.45, 7) is 4.75. The number of benzene rings is 2. The summed E-state index contributed by atoms with van der Waals surface area (Å²) < 4.78 is 27.1. The van der Waals surface area contributed by atoms with E-state index in [-0.39, 0.29) is 29.8 Å². The highest BCUT2D eigenvalue weighted by atomic mass is 32.2. The first-order valence-corrected chi connectivity index (χ1v) is 12.1. The highest BCUT2D eigenvalue weighted by Gasteiger charge is 2.29. The normalized spacial score (nSPS) is 15.0. The minimum Gasteiger partial charge on any atom is -0.351 e. The Morgan fingerprint density at radius 3 is 2.19 bits per heavy atom. The molecule has 2 amide bonds. The van der Waals surface area contributed by atoms with E-state index in [4.69, 9.17) is 0 Å². The summed E-state index contributed by atoms with van der Waals surface area (Å²) in [4.78, 5) is 27.8. The molecule has 1 N–H and O–H groups in total. The van der Waals surface area contributed by atoms with Crippen molar-refractivity contribution in [1.82, 2.24) is 19.4 Å². The lowest BCUT2D eigenvalue weighted by Crippen LogP contribution is -2.49. The summed E-state index contributed by atoms with van der Waals surface area (Å²) in [5.74, 6) is -0.291. The predicted octanol–water partition coefficient (Wildman–Crippen LogP) is 1.40. The van der Waals surface area contributed by atoms with E-state index >= 15 is 0 Å². The molecule has 1 saturated heterocycles.